The van der Waals surface area contributed by atoms with E-state index in [1.807, 2.05) is 13.8 Å². The summed E-state index contributed by atoms with van der Waals surface area (Å²) in [5, 5.41) is 27.9. The van der Waals surface area contributed by atoms with Gasteiger partial charge in [0.15, 0.2) is 17.4 Å². The van der Waals surface area contributed by atoms with Crippen LogP contribution in [0.4, 0.5) is 0 Å². The highest BCUT2D eigenvalue weighted by atomic mass is 16.5. The molecule has 0 fully saturated rings. The van der Waals surface area contributed by atoms with Crippen LogP contribution in [-0.2, 0) is 0 Å². The number of aliphatic hydroxyl groups is 3. The average molecular weight is 424 g/mol. The number of carbonyl (C=O) groups is 2. The molecule has 3 rings (SSSR count). The molecule has 1 aliphatic carbocycles. The lowest BCUT2D eigenvalue weighted by molar-refractivity contribution is -0.136. The molecule has 0 heterocycles. The van der Waals surface area contributed by atoms with Gasteiger partial charge in [-0.3, -0.25) is 9.59 Å². The minimum atomic E-state index is -2.10. The van der Waals surface area contributed by atoms with E-state index in [1.165, 1.54) is 18.2 Å². The summed E-state index contributed by atoms with van der Waals surface area (Å²) in [5.41, 5.74) is 1.17. The molecule has 6 nitrogen and oxygen atoms in total. The van der Waals surface area contributed by atoms with Crippen LogP contribution >= 0.6 is 0 Å². The van der Waals surface area contributed by atoms with Crippen molar-refractivity contribution in [1.29, 1.82) is 0 Å². The number of benzene rings is 2. The Balaban J connectivity index is 0.000000221. The van der Waals surface area contributed by atoms with Gasteiger partial charge < -0.3 is 20.1 Å². The maximum atomic E-state index is 12.0. The summed E-state index contributed by atoms with van der Waals surface area (Å²) >= 11 is 0. The molecule has 0 saturated heterocycles. The van der Waals surface area contributed by atoms with Crippen molar-refractivity contribution in [2.24, 2.45) is 11.8 Å². The van der Waals surface area contributed by atoms with Gasteiger partial charge in [-0.2, -0.15) is 0 Å². The zero-order chi connectivity index (χ0) is 22.9. The smallest absolute Gasteiger partial charge is 0.196 e. The fourth-order valence-electron chi connectivity index (χ4n) is 2.89. The number of ether oxygens (including phenoxy) is 1. The van der Waals surface area contributed by atoms with E-state index in [0.717, 1.165) is 0 Å². The van der Waals surface area contributed by atoms with Crippen molar-refractivity contribution in [1.82, 2.24) is 0 Å². The average Bonchev–Trinajstić information content (AvgIpc) is 2.78. The molecule has 0 radical (unpaired) electrons. The fourth-order valence-corrected chi connectivity index (χ4v) is 2.89. The number of allylic oxidation sites excluding steroid dienone is 2. The molecule has 0 spiro atoms. The van der Waals surface area contributed by atoms with E-state index in [1.54, 1.807) is 60.7 Å². The van der Waals surface area contributed by atoms with Crippen LogP contribution in [0.3, 0.4) is 0 Å². The van der Waals surface area contributed by atoms with Crippen molar-refractivity contribution in [3.63, 3.8) is 0 Å². The van der Waals surface area contributed by atoms with Crippen LogP contribution in [-0.4, -0.2) is 45.9 Å². The van der Waals surface area contributed by atoms with Crippen molar-refractivity contribution in [2.45, 2.75) is 19.6 Å². The first-order chi connectivity index (χ1) is 14.8. The van der Waals surface area contributed by atoms with Crippen LogP contribution in [0.25, 0.3) is 0 Å². The Morgan fingerprint density at radius 1 is 0.968 bits per heavy atom. The first-order valence-corrected chi connectivity index (χ1v) is 10.0. The number of aliphatic hydroxyl groups excluding tert-OH is 1. The van der Waals surface area contributed by atoms with Crippen molar-refractivity contribution in [2.75, 3.05) is 13.2 Å². The maximum absolute atomic E-state index is 12.0. The highest BCUT2D eigenvalue weighted by Gasteiger charge is 2.37. The first-order valence-electron chi connectivity index (χ1n) is 10.0. The van der Waals surface area contributed by atoms with E-state index in [2.05, 4.69) is 0 Å². The molecule has 31 heavy (non-hydrogen) atoms. The fraction of sp³-hybridized carbons (Fsp3) is 0.280. The number of hydrogen-bond acceptors (Lipinski definition) is 6. The molecule has 164 valence electrons. The van der Waals surface area contributed by atoms with Gasteiger partial charge in [-0.15, -0.1) is 0 Å². The third-order valence-electron chi connectivity index (χ3n) is 4.58. The molecule has 0 aliphatic heterocycles. The zero-order valence-corrected chi connectivity index (χ0v) is 17.6. The van der Waals surface area contributed by atoms with Gasteiger partial charge in [0, 0.05) is 17.0 Å². The molecule has 0 aromatic heterocycles. The lowest BCUT2D eigenvalue weighted by Crippen LogP contribution is -2.40. The maximum Gasteiger partial charge on any atom is 0.196 e. The highest BCUT2D eigenvalue weighted by Crippen LogP contribution is 2.25. The molecule has 6 heteroatoms. The van der Waals surface area contributed by atoms with Crippen molar-refractivity contribution in [3.8, 4) is 5.75 Å². The summed E-state index contributed by atoms with van der Waals surface area (Å²) in [4.78, 5) is 23.6. The highest BCUT2D eigenvalue weighted by molar-refractivity contribution is 6.00. The summed E-state index contributed by atoms with van der Waals surface area (Å²) < 4.78 is 5.19. The standard InChI is InChI=1S/C13H12O3.C12H16O3/c14-12(10-6-2-1-3-7-10)11-8-4-5-9-13(11,15)16;1-9(2)12(14)10-3-5-11(6-4-10)15-8-7-13/h1-9,11,15-16H;3-6,9,13H,7-8H2,1-2H3. The molecule has 0 saturated carbocycles. The third-order valence-corrected chi connectivity index (χ3v) is 4.58. The van der Waals surface area contributed by atoms with Gasteiger partial charge in [-0.25, -0.2) is 0 Å². The van der Waals surface area contributed by atoms with E-state index in [9.17, 15) is 19.8 Å². The molecule has 0 amide bonds. The van der Waals surface area contributed by atoms with Gasteiger partial charge in [0.1, 0.15) is 12.4 Å². The van der Waals surface area contributed by atoms with Crippen LogP contribution in [0, 0.1) is 11.8 Å². The van der Waals surface area contributed by atoms with E-state index < -0.39 is 11.7 Å². The van der Waals surface area contributed by atoms with Gasteiger partial charge in [0.25, 0.3) is 0 Å². The van der Waals surface area contributed by atoms with E-state index in [-0.39, 0.29) is 30.7 Å². The summed E-state index contributed by atoms with van der Waals surface area (Å²) in [6.07, 6.45) is 5.85. The Bertz CT molecular complexity index is 911. The molecule has 1 aliphatic rings. The minimum absolute atomic E-state index is 0.00727. The lowest BCUT2D eigenvalue weighted by atomic mass is 9.87. The largest absolute Gasteiger partial charge is 0.491 e. The van der Waals surface area contributed by atoms with Crippen molar-refractivity contribution >= 4 is 11.6 Å². The van der Waals surface area contributed by atoms with Crippen LogP contribution < -0.4 is 4.74 Å². The third kappa shape index (κ3) is 7.00. The summed E-state index contributed by atoms with van der Waals surface area (Å²) in [7, 11) is 0. The monoisotopic (exact) mass is 424 g/mol. The molecule has 1 atom stereocenters. The van der Waals surface area contributed by atoms with Crippen molar-refractivity contribution < 1.29 is 29.6 Å². The molecular weight excluding hydrogens is 396 g/mol. The van der Waals surface area contributed by atoms with Crippen LogP contribution in [0.15, 0.2) is 78.9 Å². The molecule has 1 unspecified atom stereocenters. The Hall–Kier alpha value is -3.06. The normalized spacial score (nSPS) is 16.4. The quantitative estimate of drug-likeness (QED) is 0.466. The lowest BCUT2D eigenvalue weighted by Gasteiger charge is -2.27. The number of Topliss-reactive ketones (excluding diaryl/α,β-unsaturated/α-hetero) is 2. The molecule has 0 bridgehead atoms. The Labute approximate surface area is 182 Å². The second kappa shape index (κ2) is 11.4. The Kier molecular flexibility index (Phi) is 8.88. The Morgan fingerprint density at radius 2 is 1.61 bits per heavy atom. The van der Waals surface area contributed by atoms with Crippen LogP contribution in [0.2, 0.25) is 0 Å². The van der Waals surface area contributed by atoms with E-state index in [4.69, 9.17) is 9.84 Å². The molecular formula is C25H28O6. The number of hydrogen-bond donors (Lipinski definition) is 3. The molecule has 3 N–H and O–H groups in total. The molecule has 2 aromatic carbocycles. The van der Waals surface area contributed by atoms with Gasteiger partial charge >= 0.3 is 0 Å². The number of ketones is 2. The number of rotatable bonds is 7. The van der Waals surface area contributed by atoms with Gasteiger partial charge in [-0.05, 0) is 30.3 Å². The number of carbonyl (C=O) groups excluding carboxylic acids is 2. The van der Waals surface area contributed by atoms with Crippen LogP contribution in [0.5, 0.6) is 5.75 Å². The predicted octanol–water partition coefficient (Wildman–Crippen LogP) is 3.19. The molecule has 2 aromatic rings. The summed E-state index contributed by atoms with van der Waals surface area (Å²) in [5.74, 6) is -2.53. The summed E-state index contributed by atoms with van der Waals surface area (Å²) in [6, 6.07) is 15.6. The minimum Gasteiger partial charge on any atom is -0.491 e. The van der Waals surface area contributed by atoms with Crippen molar-refractivity contribution in [3.05, 3.63) is 90.0 Å². The summed E-state index contributed by atoms with van der Waals surface area (Å²) in [6.45, 7) is 4.02. The van der Waals surface area contributed by atoms with Crippen LogP contribution in [0.1, 0.15) is 34.6 Å². The Morgan fingerprint density at radius 3 is 2.16 bits per heavy atom. The van der Waals surface area contributed by atoms with Gasteiger partial charge in [0.2, 0.25) is 0 Å². The SMILES string of the molecule is CC(C)C(=O)c1ccc(OCCO)cc1.O=C(c1ccccc1)C1C=CC=CC1(O)O. The predicted molar refractivity (Wildman–Crippen MR) is 118 cm³/mol. The van der Waals surface area contributed by atoms with Gasteiger partial charge in [0.05, 0.1) is 12.5 Å². The van der Waals surface area contributed by atoms with E-state index in [0.29, 0.717) is 16.9 Å². The second-order valence-electron chi connectivity index (χ2n) is 7.35. The first kappa shape index (κ1) is 24.2. The topological polar surface area (TPSA) is 104 Å². The van der Waals surface area contributed by atoms with E-state index >= 15 is 0 Å². The zero-order valence-electron chi connectivity index (χ0n) is 17.6. The van der Waals surface area contributed by atoms with Gasteiger partial charge in [-0.1, -0.05) is 62.4 Å². The second-order valence-corrected chi connectivity index (χ2v) is 7.35.